The van der Waals surface area contributed by atoms with Crippen molar-refractivity contribution in [3.8, 4) is 11.4 Å². The summed E-state index contributed by atoms with van der Waals surface area (Å²) >= 11 is 0. The highest BCUT2D eigenvalue weighted by Gasteiger charge is 2.24. The second-order valence-corrected chi connectivity index (χ2v) is 5.90. The fourth-order valence-corrected chi connectivity index (χ4v) is 2.86. The topological polar surface area (TPSA) is 41.0 Å². The minimum Gasteiger partial charge on any atom is -0.369 e. The summed E-state index contributed by atoms with van der Waals surface area (Å²) in [6.07, 6.45) is 6.57. The third-order valence-corrected chi connectivity index (χ3v) is 4.33. The largest absolute Gasteiger partial charge is 0.369 e. The molecule has 0 bridgehead atoms. The predicted octanol–water partition coefficient (Wildman–Crippen LogP) is 2.43. The van der Waals surface area contributed by atoms with E-state index >= 15 is 0 Å². The van der Waals surface area contributed by atoms with Crippen LogP contribution in [0.15, 0.2) is 36.7 Å². The van der Waals surface area contributed by atoms with E-state index in [1.54, 1.807) is 0 Å². The summed E-state index contributed by atoms with van der Waals surface area (Å²) in [5.74, 6) is 1.54. The number of piperazine rings is 1. The van der Waals surface area contributed by atoms with Crippen LogP contribution in [0, 0.1) is 0 Å². The Kier molecular flexibility index (Phi) is 3.31. The summed E-state index contributed by atoms with van der Waals surface area (Å²) in [6, 6.07) is 8.62. The number of nitrogens with one attached hydrogen (secondary N) is 1. The molecule has 2 heterocycles. The minimum atomic E-state index is 0.717. The SMILES string of the molecule is c1cc(N2CCNCC2)ccc1-c1ncc(C2CC2)cn1. The van der Waals surface area contributed by atoms with Crippen molar-refractivity contribution < 1.29 is 0 Å². The van der Waals surface area contributed by atoms with E-state index in [0.717, 1.165) is 37.6 Å². The standard InChI is InChI=1S/C17H20N4/c1-2-13(1)15-11-19-17(20-12-15)14-3-5-16(6-4-14)21-9-7-18-8-10-21/h3-6,11-13,18H,1-2,7-10H2. The van der Waals surface area contributed by atoms with Gasteiger partial charge in [0.15, 0.2) is 5.82 Å². The summed E-state index contributed by atoms with van der Waals surface area (Å²) in [5.41, 5.74) is 3.67. The van der Waals surface area contributed by atoms with E-state index in [9.17, 15) is 0 Å². The summed E-state index contributed by atoms with van der Waals surface area (Å²) < 4.78 is 0. The van der Waals surface area contributed by atoms with Crippen molar-refractivity contribution in [1.29, 1.82) is 0 Å². The molecule has 0 atom stereocenters. The van der Waals surface area contributed by atoms with E-state index < -0.39 is 0 Å². The molecule has 0 radical (unpaired) electrons. The lowest BCUT2D eigenvalue weighted by molar-refractivity contribution is 0.589. The third-order valence-electron chi connectivity index (χ3n) is 4.33. The Hall–Kier alpha value is -1.94. The van der Waals surface area contributed by atoms with Gasteiger partial charge in [0.25, 0.3) is 0 Å². The fourth-order valence-electron chi connectivity index (χ4n) is 2.86. The van der Waals surface area contributed by atoms with Crippen molar-refractivity contribution in [2.45, 2.75) is 18.8 Å². The van der Waals surface area contributed by atoms with Crippen LogP contribution in [-0.4, -0.2) is 36.1 Å². The summed E-state index contributed by atoms with van der Waals surface area (Å²) in [5, 5.41) is 3.38. The Balaban J connectivity index is 1.52. The Morgan fingerprint density at radius 1 is 0.952 bits per heavy atom. The highest BCUT2D eigenvalue weighted by molar-refractivity contribution is 5.60. The smallest absolute Gasteiger partial charge is 0.159 e. The molecular weight excluding hydrogens is 260 g/mol. The Morgan fingerprint density at radius 2 is 1.62 bits per heavy atom. The van der Waals surface area contributed by atoms with E-state index in [1.165, 1.54) is 24.1 Å². The normalized spacial score (nSPS) is 18.8. The van der Waals surface area contributed by atoms with Crippen LogP contribution in [-0.2, 0) is 0 Å². The maximum Gasteiger partial charge on any atom is 0.159 e. The van der Waals surface area contributed by atoms with Gasteiger partial charge in [0, 0.05) is 49.8 Å². The summed E-state index contributed by atoms with van der Waals surface area (Å²) in [7, 11) is 0. The Bertz CT molecular complexity index is 596. The van der Waals surface area contributed by atoms with Crippen molar-refractivity contribution in [1.82, 2.24) is 15.3 Å². The lowest BCUT2D eigenvalue weighted by Gasteiger charge is -2.29. The molecule has 2 aromatic rings. The van der Waals surface area contributed by atoms with Crippen molar-refractivity contribution in [3.63, 3.8) is 0 Å². The van der Waals surface area contributed by atoms with Crippen LogP contribution in [0.3, 0.4) is 0 Å². The number of rotatable bonds is 3. The van der Waals surface area contributed by atoms with E-state index in [4.69, 9.17) is 0 Å². The maximum atomic E-state index is 4.52. The zero-order valence-electron chi connectivity index (χ0n) is 12.1. The molecule has 1 aromatic carbocycles. The second-order valence-electron chi connectivity index (χ2n) is 5.90. The van der Waals surface area contributed by atoms with Crippen LogP contribution in [0.25, 0.3) is 11.4 Å². The third kappa shape index (κ3) is 2.76. The molecule has 108 valence electrons. The number of hydrogen-bond acceptors (Lipinski definition) is 4. The van der Waals surface area contributed by atoms with E-state index in [2.05, 4.69) is 44.5 Å². The van der Waals surface area contributed by atoms with Gasteiger partial charge >= 0.3 is 0 Å². The monoisotopic (exact) mass is 280 g/mol. The van der Waals surface area contributed by atoms with Gasteiger partial charge in [0.05, 0.1) is 0 Å². The summed E-state index contributed by atoms with van der Waals surface area (Å²) in [4.78, 5) is 11.4. The zero-order valence-corrected chi connectivity index (χ0v) is 12.1. The second kappa shape index (κ2) is 5.45. The molecule has 0 spiro atoms. The highest BCUT2D eigenvalue weighted by Crippen LogP contribution is 2.39. The maximum absolute atomic E-state index is 4.52. The van der Waals surface area contributed by atoms with Gasteiger partial charge in [-0.1, -0.05) is 0 Å². The van der Waals surface area contributed by atoms with Crippen LogP contribution in [0.5, 0.6) is 0 Å². The van der Waals surface area contributed by atoms with Gasteiger partial charge in [-0.3, -0.25) is 0 Å². The van der Waals surface area contributed by atoms with Gasteiger partial charge in [-0.2, -0.15) is 0 Å². The van der Waals surface area contributed by atoms with Crippen LogP contribution < -0.4 is 10.2 Å². The quantitative estimate of drug-likeness (QED) is 0.937. The first-order valence-electron chi connectivity index (χ1n) is 7.78. The first kappa shape index (κ1) is 12.8. The van der Waals surface area contributed by atoms with Gasteiger partial charge in [0.2, 0.25) is 0 Å². The first-order chi connectivity index (χ1) is 10.4. The molecule has 1 saturated carbocycles. The predicted molar refractivity (Wildman–Crippen MR) is 84.5 cm³/mol. The zero-order chi connectivity index (χ0) is 14.1. The molecule has 0 unspecified atom stereocenters. The minimum absolute atomic E-state index is 0.717. The molecule has 1 aliphatic heterocycles. The summed E-state index contributed by atoms with van der Waals surface area (Å²) in [6.45, 7) is 4.28. The number of benzene rings is 1. The van der Waals surface area contributed by atoms with Gasteiger partial charge < -0.3 is 10.2 Å². The van der Waals surface area contributed by atoms with Crippen LogP contribution >= 0.6 is 0 Å². The average molecular weight is 280 g/mol. The Labute approximate surface area is 125 Å². The molecule has 2 fully saturated rings. The fraction of sp³-hybridized carbons (Fsp3) is 0.412. The molecule has 1 saturated heterocycles. The van der Waals surface area contributed by atoms with E-state index in [1.807, 2.05) is 12.4 Å². The van der Waals surface area contributed by atoms with E-state index in [0.29, 0.717) is 5.92 Å². The van der Waals surface area contributed by atoms with Crippen molar-refractivity contribution >= 4 is 5.69 Å². The van der Waals surface area contributed by atoms with Gasteiger partial charge in [0.1, 0.15) is 0 Å². The Morgan fingerprint density at radius 3 is 2.24 bits per heavy atom. The molecule has 1 aliphatic carbocycles. The molecule has 4 rings (SSSR count). The molecule has 4 heteroatoms. The number of hydrogen-bond donors (Lipinski definition) is 1. The van der Waals surface area contributed by atoms with Crippen LogP contribution in [0.1, 0.15) is 24.3 Å². The lowest BCUT2D eigenvalue weighted by Crippen LogP contribution is -2.43. The average Bonchev–Trinajstić information content (AvgIpc) is 3.41. The highest BCUT2D eigenvalue weighted by atomic mass is 15.2. The molecule has 0 amide bonds. The number of aromatic nitrogens is 2. The van der Waals surface area contributed by atoms with Crippen LogP contribution in [0.2, 0.25) is 0 Å². The number of anilines is 1. The molecule has 21 heavy (non-hydrogen) atoms. The number of nitrogens with zero attached hydrogens (tertiary/aromatic N) is 3. The molecule has 1 N–H and O–H groups in total. The molecule has 2 aliphatic rings. The van der Waals surface area contributed by atoms with Crippen molar-refractivity contribution in [2.24, 2.45) is 0 Å². The van der Waals surface area contributed by atoms with Crippen LogP contribution in [0.4, 0.5) is 5.69 Å². The molecular formula is C17H20N4. The van der Waals surface area contributed by atoms with Gasteiger partial charge in [-0.05, 0) is 48.6 Å². The van der Waals surface area contributed by atoms with Gasteiger partial charge in [-0.25, -0.2) is 9.97 Å². The van der Waals surface area contributed by atoms with E-state index in [-0.39, 0.29) is 0 Å². The molecule has 1 aromatic heterocycles. The van der Waals surface area contributed by atoms with Crippen molar-refractivity contribution in [2.75, 3.05) is 31.1 Å². The lowest BCUT2D eigenvalue weighted by atomic mass is 10.1. The first-order valence-corrected chi connectivity index (χ1v) is 7.78. The van der Waals surface area contributed by atoms with Crippen molar-refractivity contribution in [3.05, 3.63) is 42.2 Å². The molecule has 4 nitrogen and oxygen atoms in total. The van der Waals surface area contributed by atoms with Gasteiger partial charge in [-0.15, -0.1) is 0 Å².